The van der Waals surface area contributed by atoms with Crippen molar-refractivity contribution >= 4 is 40.0 Å². The summed E-state index contributed by atoms with van der Waals surface area (Å²) in [5, 5.41) is 14.0. The van der Waals surface area contributed by atoms with E-state index >= 15 is 0 Å². The first-order valence-corrected chi connectivity index (χ1v) is 15.1. The number of fused-ring (bicyclic) bond motifs is 2. The Morgan fingerprint density at radius 1 is 1.22 bits per heavy atom. The minimum atomic E-state index is -0.381. The Labute approximate surface area is 228 Å². The molecule has 1 unspecified atom stereocenters. The van der Waals surface area contributed by atoms with Crippen LogP contribution in [0, 0.1) is 22.7 Å². The summed E-state index contributed by atoms with van der Waals surface area (Å²) in [6, 6.07) is 4.31. The van der Waals surface area contributed by atoms with Crippen LogP contribution in [0.1, 0.15) is 96.9 Å². The minimum Gasteiger partial charge on any atom is -0.465 e. The Kier molecular flexibility index (Phi) is 8.97. The summed E-state index contributed by atoms with van der Waals surface area (Å²) in [6.45, 7) is 6.83. The van der Waals surface area contributed by atoms with Gasteiger partial charge in [0.15, 0.2) is 0 Å². The van der Waals surface area contributed by atoms with E-state index in [1.165, 1.54) is 47.1 Å². The molecule has 0 saturated heterocycles. The van der Waals surface area contributed by atoms with E-state index in [0.717, 1.165) is 62.6 Å². The molecular weight excluding hydrogens is 502 g/mol. The Morgan fingerprint density at radius 2 is 1.97 bits per heavy atom. The predicted molar refractivity (Wildman–Crippen MR) is 149 cm³/mol. The Balaban J connectivity index is 1.42. The van der Waals surface area contributed by atoms with E-state index in [0.29, 0.717) is 32.8 Å². The summed E-state index contributed by atoms with van der Waals surface area (Å²) in [5.41, 5.74) is 4.68. The second-order valence-corrected chi connectivity index (χ2v) is 13.3. The molecule has 4 rings (SSSR count). The number of thioether (sulfide) groups is 1. The Bertz CT molecular complexity index is 1210. The third-order valence-electron chi connectivity index (χ3n) is 7.58. The van der Waals surface area contributed by atoms with Crippen LogP contribution < -0.4 is 5.32 Å². The normalized spacial score (nSPS) is 17.5. The molecule has 0 aromatic carbocycles. The van der Waals surface area contributed by atoms with Crippen LogP contribution in [0.5, 0.6) is 0 Å². The lowest BCUT2D eigenvalue weighted by Gasteiger charge is -2.34. The zero-order valence-corrected chi connectivity index (χ0v) is 24.0. The van der Waals surface area contributed by atoms with E-state index in [-0.39, 0.29) is 23.7 Å². The van der Waals surface area contributed by atoms with E-state index in [4.69, 9.17) is 9.72 Å². The molecule has 0 saturated carbocycles. The summed E-state index contributed by atoms with van der Waals surface area (Å²) < 4.78 is 5.06. The zero-order valence-electron chi connectivity index (χ0n) is 22.4. The van der Waals surface area contributed by atoms with Gasteiger partial charge in [-0.2, -0.15) is 5.26 Å². The average molecular weight is 540 g/mol. The van der Waals surface area contributed by atoms with Gasteiger partial charge in [0.05, 0.1) is 18.2 Å². The number of ether oxygens (including phenoxy) is 1. The number of esters is 1. The molecule has 2 aliphatic carbocycles. The van der Waals surface area contributed by atoms with Crippen LogP contribution in [0.15, 0.2) is 11.1 Å². The summed E-state index contributed by atoms with van der Waals surface area (Å²) in [5.74, 6) is 0.571. The molecule has 1 amide bonds. The maximum atomic E-state index is 12.9. The second kappa shape index (κ2) is 12.0. The highest BCUT2D eigenvalue weighted by Gasteiger charge is 2.30. The van der Waals surface area contributed by atoms with Gasteiger partial charge >= 0.3 is 5.97 Å². The number of nitrogens with one attached hydrogen (secondary N) is 1. The molecular formula is C29H37N3O3S2. The molecule has 0 aliphatic heterocycles. The third-order valence-corrected chi connectivity index (χ3v) is 9.78. The van der Waals surface area contributed by atoms with Gasteiger partial charge in [0.2, 0.25) is 5.91 Å². The molecule has 198 valence electrons. The van der Waals surface area contributed by atoms with Crippen molar-refractivity contribution in [2.24, 2.45) is 11.3 Å². The van der Waals surface area contributed by atoms with E-state index < -0.39 is 0 Å². The maximum absolute atomic E-state index is 12.9. The fourth-order valence-corrected chi connectivity index (χ4v) is 7.54. The number of rotatable bonds is 6. The van der Waals surface area contributed by atoms with Crippen LogP contribution >= 0.6 is 23.1 Å². The number of carbonyl (C=O) groups excluding carboxylic acids is 2. The minimum absolute atomic E-state index is 0.142. The van der Waals surface area contributed by atoms with Gasteiger partial charge in [-0.05, 0) is 73.5 Å². The summed E-state index contributed by atoms with van der Waals surface area (Å²) in [7, 11) is 1.39. The lowest BCUT2D eigenvalue weighted by atomic mass is 9.71. The highest BCUT2D eigenvalue weighted by atomic mass is 32.2. The van der Waals surface area contributed by atoms with Gasteiger partial charge < -0.3 is 10.1 Å². The summed E-state index contributed by atoms with van der Waals surface area (Å²) in [6.07, 6.45) is 9.55. The smallest absolute Gasteiger partial charge is 0.341 e. The summed E-state index contributed by atoms with van der Waals surface area (Å²) >= 11 is 2.97. The van der Waals surface area contributed by atoms with Gasteiger partial charge in [0, 0.05) is 22.7 Å². The van der Waals surface area contributed by atoms with Crippen molar-refractivity contribution in [1.29, 1.82) is 5.26 Å². The molecule has 0 spiro atoms. The SMILES string of the molecule is COC(=O)c1c(NC(=O)CCSc2nc3c(cc2C#N)CC(C(C)(C)C)CC3)sc2c1CCCCCC2. The van der Waals surface area contributed by atoms with E-state index in [2.05, 4.69) is 32.2 Å². The van der Waals surface area contributed by atoms with Crippen molar-refractivity contribution in [2.45, 2.75) is 90.0 Å². The van der Waals surface area contributed by atoms with Crippen LogP contribution in [-0.2, 0) is 35.2 Å². The fourth-order valence-electron chi connectivity index (χ4n) is 5.33. The molecule has 8 heteroatoms. The molecule has 1 atom stereocenters. The van der Waals surface area contributed by atoms with Gasteiger partial charge in [-0.25, -0.2) is 9.78 Å². The van der Waals surface area contributed by atoms with E-state index in [1.54, 1.807) is 0 Å². The number of hydrogen-bond donors (Lipinski definition) is 1. The van der Waals surface area contributed by atoms with E-state index in [1.807, 2.05) is 6.07 Å². The first-order chi connectivity index (χ1) is 17.7. The van der Waals surface area contributed by atoms with Crippen LogP contribution in [0.2, 0.25) is 0 Å². The molecule has 0 bridgehead atoms. The molecule has 0 radical (unpaired) electrons. The Hall–Kier alpha value is -2.37. The van der Waals surface area contributed by atoms with Crippen LogP contribution in [0.4, 0.5) is 5.00 Å². The number of nitrogens with zero attached hydrogens (tertiary/aromatic N) is 2. The monoisotopic (exact) mass is 539 g/mol. The maximum Gasteiger partial charge on any atom is 0.341 e. The van der Waals surface area contributed by atoms with Crippen molar-refractivity contribution < 1.29 is 14.3 Å². The van der Waals surface area contributed by atoms with Gasteiger partial charge in [-0.1, -0.05) is 33.6 Å². The van der Waals surface area contributed by atoms with Gasteiger partial charge in [-0.3, -0.25) is 4.79 Å². The lowest BCUT2D eigenvalue weighted by molar-refractivity contribution is -0.115. The van der Waals surface area contributed by atoms with Crippen molar-refractivity contribution in [3.63, 3.8) is 0 Å². The number of aryl methyl sites for hydroxylation is 2. The number of thiophene rings is 1. The standard InChI is InChI=1S/C29H37N3O3S2/c1-29(2,3)20-11-12-22-18(16-20)15-19(17-30)26(31-22)36-14-13-24(33)32-27-25(28(34)35-4)21-9-7-5-6-8-10-23(21)37-27/h15,20H,5-14,16H2,1-4H3,(H,32,33). The van der Waals surface area contributed by atoms with Crippen molar-refractivity contribution in [3.8, 4) is 6.07 Å². The number of anilines is 1. The molecule has 1 N–H and O–H groups in total. The number of carbonyl (C=O) groups is 2. The fraction of sp³-hybridized carbons (Fsp3) is 0.586. The highest BCUT2D eigenvalue weighted by Crippen LogP contribution is 2.39. The molecule has 6 nitrogen and oxygen atoms in total. The molecule has 2 aliphatic rings. The van der Waals surface area contributed by atoms with Crippen LogP contribution in [0.25, 0.3) is 0 Å². The molecule has 0 fully saturated rings. The number of amides is 1. The Morgan fingerprint density at radius 3 is 2.68 bits per heavy atom. The molecule has 37 heavy (non-hydrogen) atoms. The van der Waals surface area contributed by atoms with Gasteiger partial charge in [0.25, 0.3) is 0 Å². The average Bonchev–Trinajstić information content (AvgIpc) is 3.17. The van der Waals surface area contributed by atoms with Crippen LogP contribution in [0.3, 0.4) is 0 Å². The third kappa shape index (κ3) is 6.56. The summed E-state index contributed by atoms with van der Waals surface area (Å²) in [4.78, 5) is 31.5. The molecule has 2 aromatic rings. The lowest BCUT2D eigenvalue weighted by Crippen LogP contribution is -2.27. The van der Waals surface area contributed by atoms with Gasteiger partial charge in [-0.15, -0.1) is 23.1 Å². The predicted octanol–water partition coefficient (Wildman–Crippen LogP) is 6.73. The molecule has 2 heterocycles. The number of methoxy groups -OCH3 is 1. The van der Waals surface area contributed by atoms with Gasteiger partial charge in [0.1, 0.15) is 16.1 Å². The van der Waals surface area contributed by atoms with E-state index in [9.17, 15) is 14.9 Å². The zero-order chi connectivity index (χ0) is 26.6. The number of nitriles is 1. The second-order valence-electron chi connectivity index (χ2n) is 11.1. The topological polar surface area (TPSA) is 92.1 Å². The van der Waals surface area contributed by atoms with Crippen molar-refractivity contribution in [1.82, 2.24) is 4.98 Å². The largest absolute Gasteiger partial charge is 0.465 e. The first kappa shape index (κ1) is 27.7. The van der Waals surface area contributed by atoms with Crippen molar-refractivity contribution in [3.05, 3.63) is 38.9 Å². The number of aromatic nitrogens is 1. The number of hydrogen-bond acceptors (Lipinski definition) is 7. The van der Waals surface area contributed by atoms with Crippen LogP contribution in [-0.4, -0.2) is 29.7 Å². The molecule has 2 aromatic heterocycles. The quantitative estimate of drug-likeness (QED) is 0.323. The highest BCUT2D eigenvalue weighted by molar-refractivity contribution is 7.99. The number of pyridine rings is 1. The first-order valence-electron chi connectivity index (χ1n) is 13.3. The van der Waals surface area contributed by atoms with Crippen molar-refractivity contribution in [2.75, 3.05) is 18.2 Å².